The summed E-state index contributed by atoms with van der Waals surface area (Å²) in [5, 5.41) is 0. The summed E-state index contributed by atoms with van der Waals surface area (Å²) in [6.45, 7) is 1.14. The average Bonchev–Trinajstić information content (AvgIpc) is 3.26. The fourth-order valence-corrected chi connectivity index (χ4v) is 2.27. The predicted octanol–water partition coefficient (Wildman–Crippen LogP) is 3.25. The van der Waals surface area contributed by atoms with E-state index in [1.165, 1.54) is 5.56 Å². The average molecular weight is 267 g/mol. The Morgan fingerprint density at radius 1 is 1.00 bits per heavy atom. The molecule has 102 valence electrons. The van der Waals surface area contributed by atoms with E-state index in [-0.39, 0.29) is 6.09 Å². The maximum absolute atomic E-state index is 11.9. The molecule has 0 unspecified atom stereocenters. The molecular weight excluding hydrogens is 250 g/mol. The SMILES string of the molecule is O=C(OCc1ccccc1)N1C[C@@H]1Cc1ccccc1. The van der Waals surface area contributed by atoms with Gasteiger partial charge < -0.3 is 9.64 Å². The number of rotatable bonds is 4. The van der Waals surface area contributed by atoms with Crippen molar-refractivity contribution in [3.8, 4) is 0 Å². The van der Waals surface area contributed by atoms with Gasteiger partial charge in [0.25, 0.3) is 0 Å². The van der Waals surface area contributed by atoms with E-state index in [1.54, 1.807) is 4.90 Å². The molecule has 1 aliphatic heterocycles. The van der Waals surface area contributed by atoms with Crippen LogP contribution in [0.4, 0.5) is 4.79 Å². The Kier molecular flexibility index (Phi) is 3.68. The largest absolute Gasteiger partial charge is 0.445 e. The zero-order valence-corrected chi connectivity index (χ0v) is 11.2. The number of hydrogen-bond acceptors (Lipinski definition) is 2. The van der Waals surface area contributed by atoms with Gasteiger partial charge in [0.15, 0.2) is 0 Å². The number of carbonyl (C=O) groups excluding carboxylic acids is 1. The van der Waals surface area contributed by atoms with Crippen LogP contribution < -0.4 is 0 Å². The summed E-state index contributed by atoms with van der Waals surface area (Å²) in [7, 11) is 0. The van der Waals surface area contributed by atoms with Crippen LogP contribution in [-0.4, -0.2) is 23.6 Å². The molecule has 1 amide bonds. The van der Waals surface area contributed by atoms with Crippen molar-refractivity contribution in [1.82, 2.24) is 4.90 Å². The predicted molar refractivity (Wildman–Crippen MR) is 77.3 cm³/mol. The number of amides is 1. The van der Waals surface area contributed by atoms with Gasteiger partial charge in [-0.2, -0.15) is 0 Å². The highest BCUT2D eigenvalue weighted by atomic mass is 16.6. The summed E-state index contributed by atoms with van der Waals surface area (Å²) in [5.41, 5.74) is 2.28. The number of nitrogens with zero attached hydrogens (tertiary/aromatic N) is 1. The number of ether oxygens (including phenoxy) is 1. The minimum atomic E-state index is -0.213. The maximum Gasteiger partial charge on any atom is 0.410 e. The molecule has 1 saturated heterocycles. The molecule has 3 nitrogen and oxygen atoms in total. The third kappa shape index (κ3) is 3.18. The zero-order valence-electron chi connectivity index (χ0n) is 11.2. The van der Waals surface area contributed by atoms with E-state index >= 15 is 0 Å². The van der Waals surface area contributed by atoms with E-state index in [9.17, 15) is 4.79 Å². The minimum absolute atomic E-state index is 0.213. The molecule has 2 aromatic rings. The van der Waals surface area contributed by atoms with Crippen molar-refractivity contribution in [3.05, 3.63) is 71.8 Å². The second kappa shape index (κ2) is 5.78. The highest BCUT2D eigenvalue weighted by molar-refractivity contribution is 5.71. The Morgan fingerprint density at radius 3 is 2.25 bits per heavy atom. The fourth-order valence-electron chi connectivity index (χ4n) is 2.27. The first-order chi connectivity index (χ1) is 9.83. The van der Waals surface area contributed by atoms with E-state index in [0.29, 0.717) is 12.6 Å². The molecular formula is C17H17NO2. The third-order valence-electron chi connectivity index (χ3n) is 3.47. The van der Waals surface area contributed by atoms with E-state index < -0.39 is 0 Å². The second-order valence-electron chi connectivity index (χ2n) is 5.04. The van der Waals surface area contributed by atoms with E-state index in [0.717, 1.165) is 18.5 Å². The normalized spacial score (nSPS) is 16.8. The first-order valence-corrected chi connectivity index (χ1v) is 6.84. The van der Waals surface area contributed by atoms with Gasteiger partial charge in [-0.15, -0.1) is 0 Å². The zero-order chi connectivity index (χ0) is 13.8. The lowest BCUT2D eigenvalue weighted by Gasteiger charge is -2.06. The van der Waals surface area contributed by atoms with Gasteiger partial charge in [0.1, 0.15) is 6.61 Å². The topological polar surface area (TPSA) is 29.3 Å². The smallest absolute Gasteiger partial charge is 0.410 e. The molecule has 2 aromatic carbocycles. The Bertz CT molecular complexity index is 568. The molecule has 20 heavy (non-hydrogen) atoms. The van der Waals surface area contributed by atoms with Crippen molar-refractivity contribution >= 4 is 6.09 Å². The molecule has 0 radical (unpaired) electrons. The number of carbonyl (C=O) groups is 1. The first-order valence-electron chi connectivity index (χ1n) is 6.84. The van der Waals surface area contributed by atoms with Gasteiger partial charge in [-0.05, 0) is 17.5 Å². The van der Waals surface area contributed by atoms with Crippen molar-refractivity contribution in [2.75, 3.05) is 6.54 Å². The van der Waals surface area contributed by atoms with Crippen LogP contribution in [0, 0.1) is 0 Å². The van der Waals surface area contributed by atoms with E-state index in [4.69, 9.17) is 4.74 Å². The van der Waals surface area contributed by atoms with Gasteiger partial charge in [-0.1, -0.05) is 60.7 Å². The van der Waals surface area contributed by atoms with Crippen LogP contribution in [0.3, 0.4) is 0 Å². The molecule has 1 fully saturated rings. The molecule has 0 N–H and O–H groups in total. The summed E-state index contributed by atoms with van der Waals surface area (Å²) >= 11 is 0. The van der Waals surface area contributed by atoms with Crippen LogP contribution in [-0.2, 0) is 17.8 Å². The van der Waals surface area contributed by atoms with Gasteiger partial charge in [0, 0.05) is 6.54 Å². The van der Waals surface area contributed by atoms with Crippen molar-refractivity contribution in [2.45, 2.75) is 19.1 Å². The first kappa shape index (κ1) is 12.7. The Balaban J connectivity index is 1.46. The fraction of sp³-hybridized carbons (Fsp3) is 0.235. The quantitative estimate of drug-likeness (QED) is 0.796. The lowest BCUT2D eigenvalue weighted by atomic mass is 10.1. The molecule has 0 aliphatic carbocycles. The molecule has 0 spiro atoms. The molecule has 3 heteroatoms. The van der Waals surface area contributed by atoms with Crippen molar-refractivity contribution in [2.24, 2.45) is 0 Å². The Morgan fingerprint density at radius 2 is 1.60 bits per heavy atom. The molecule has 0 saturated carbocycles. The van der Waals surface area contributed by atoms with Gasteiger partial charge >= 0.3 is 6.09 Å². The maximum atomic E-state index is 11.9. The molecule has 1 atom stereocenters. The standard InChI is InChI=1S/C17H17NO2/c19-17(20-13-15-9-5-2-6-10-15)18-12-16(18)11-14-7-3-1-4-8-14/h1-10,16H,11-13H2/t16-,18?/m0/s1. The van der Waals surface area contributed by atoms with Crippen molar-refractivity contribution < 1.29 is 9.53 Å². The summed E-state index contributed by atoms with van der Waals surface area (Å²) in [6, 6.07) is 20.3. The molecule has 1 heterocycles. The van der Waals surface area contributed by atoms with Gasteiger partial charge in [-0.25, -0.2) is 4.79 Å². The highest BCUT2D eigenvalue weighted by Gasteiger charge is 2.39. The summed E-state index contributed by atoms with van der Waals surface area (Å²) in [5.74, 6) is 0. The summed E-state index contributed by atoms with van der Waals surface area (Å²) in [6.07, 6.45) is 0.691. The van der Waals surface area contributed by atoms with Crippen molar-refractivity contribution in [3.63, 3.8) is 0 Å². The second-order valence-corrected chi connectivity index (χ2v) is 5.04. The minimum Gasteiger partial charge on any atom is -0.445 e. The summed E-state index contributed by atoms with van der Waals surface area (Å²) in [4.78, 5) is 13.7. The van der Waals surface area contributed by atoms with Crippen LogP contribution in [0.25, 0.3) is 0 Å². The lowest BCUT2D eigenvalue weighted by Crippen LogP contribution is -2.16. The molecule has 1 aliphatic rings. The third-order valence-corrected chi connectivity index (χ3v) is 3.47. The Hall–Kier alpha value is -2.29. The molecule has 3 rings (SSSR count). The van der Waals surface area contributed by atoms with Crippen LogP contribution in [0.2, 0.25) is 0 Å². The Labute approximate surface area is 118 Å². The van der Waals surface area contributed by atoms with Gasteiger partial charge in [0.2, 0.25) is 0 Å². The van der Waals surface area contributed by atoms with Crippen LogP contribution in [0.1, 0.15) is 11.1 Å². The molecule has 0 aromatic heterocycles. The van der Waals surface area contributed by atoms with Crippen LogP contribution in [0.5, 0.6) is 0 Å². The van der Waals surface area contributed by atoms with E-state index in [1.807, 2.05) is 48.5 Å². The molecule has 0 bridgehead atoms. The van der Waals surface area contributed by atoms with E-state index in [2.05, 4.69) is 12.1 Å². The monoisotopic (exact) mass is 267 g/mol. The van der Waals surface area contributed by atoms with Gasteiger partial charge in [-0.3, -0.25) is 0 Å². The van der Waals surface area contributed by atoms with Crippen molar-refractivity contribution in [1.29, 1.82) is 0 Å². The number of hydrogen-bond donors (Lipinski definition) is 0. The van der Waals surface area contributed by atoms with Gasteiger partial charge in [0.05, 0.1) is 6.04 Å². The highest BCUT2D eigenvalue weighted by Crippen LogP contribution is 2.23. The summed E-state index contributed by atoms with van der Waals surface area (Å²) < 4.78 is 5.31. The lowest BCUT2D eigenvalue weighted by molar-refractivity contribution is 0.122. The van der Waals surface area contributed by atoms with Crippen LogP contribution in [0.15, 0.2) is 60.7 Å². The number of benzene rings is 2. The van der Waals surface area contributed by atoms with Crippen LogP contribution >= 0.6 is 0 Å².